The second-order valence-corrected chi connectivity index (χ2v) is 9.88. The van der Waals surface area contributed by atoms with Crippen LogP contribution in [0.4, 0.5) is 19.0 Å². The minimum atomic E-state index is -4.47. The number of aromatic nitrogens is 1. The quantitative estimate of drug-likeness (QED) is 0.740. The standard InChI is InChI=1S/C21H22F3N3O4S/c22-21(23,24)15-4-7-19(25-13-15)26-8-1-9-27(11-10-26)32(30,31)16-5-2-14-3-6-17(20(28)29)18(14)12-16/h2,4-5,7,12-13,17H,1,3,6,8-11H2,(H,28,29). The van der Waals surface area contributed by atoms with Gasteiger partial charge in [-0.15, -0.1) is 0 Å². The maximum absolute atomic E-state index is 13.2. The average molecular weight is 469 g/mol. The summed E-state index contributed by atoms with van der Waals surface area (Å²) in [6, 6.07) is 6.92. The van der Waals surface area contributed by atoms with E-state index in [4.69, 9.17) is 0 Å². The maximum atomic E-state index is 13.2. The van der Waals surface area contributed by atoms with Crippen LogP contribution in [0.25, 0.3) is 0 Å². The van der Waals surface area contributed by atoms with Gasteiger partial charge in [0.15, 0.2) is 0 Å². The molecule has 0 bridgehead atoms. The molecule has 4 rings (SSSR count). The minimum absolute atomic E-state index is 0.0607. The lowest BCUT2D eigenvalue weighted by atomic mass is 10.0. The van der Waals surface area contributed by atoms with E-state index in [2.05, 4.69) is 4.98 Å². The number of sulfonamides is 1. The number of alkyl halides is 3. The number of nitrogens with zero attached hydrogens (tertiary/aromatic N) is 3. The molecule has 1 saturated heterocycles. The number of fused-ring (bicyclic) bond motifs is 1. The highest BCUT2D eigenvalue weighted by molar-refractivity contribution is 7.89. The second kappa shape index (κ2) is 8.36. The van der Waals surface area contributed by atoms with Gasteiger partial charge in [0, 0.05) is 32.4 Å². The molecule has 0 amide bonds. The first-order chi connectivity index (χ1) is 15.1. The normalized spacial score (nSPS) is 20.1. The van der Waals surface area contributed by atoms with Gasteiger partial charge in [-0.25, -0.2) is 13.4 Å². The van der Waals surface area contributed by atoms with E-state index >= 15 is 0 Å². The molecular formula is C21H22F3N3O4S. The van der Waals surface area contributed by atoms with Gasteiger partial charge in [0.2, 0.25) is 10.0 Å². The van der Waals surface area contributed by atoms with Gasteiger partial charge >= 0.3 is 12.1 Å². The third-order valence-corrected chi connectivity index (χ3v) is 7.88. The molecule has 7 nitrogen and oxygen atoms in total. The van der Waals surface area contributed by atoms with Crippen LogP contribution in [0.1, 0.15) is 35.4 Å². The van der Waals surface area contributed by atoms with E-state index in [9.17, 15) is 31.5 Å². The highest BCUT2D eigenvalue weighted by Crippen LogP contribution is 2.35. The Morgan fingerprint density at radius 1 is 1.09 bits per heavy atom. The summed E-state index contributed by atoms with van der Waals surface area (Å²) in [7, 11) is -3.84. The molecule has 0 radical (unpaired) electrons. The van der Waals surface area contributed by atoms with Gasteiger partial charge in [-0.1, -0.05) is 6.07 Å². The van der Waals surface area contributed by atoms with Crippen molar-refractivity contribution in [1.29, 1.82) is 0 Å². The number of aryl methyl sites for hydroxylation is 1. The predicted octanol–water partition coefficient (Wildman–Crippen LogP) is 3.12. The molecule has 2 aromatic rings. The van der Waals surface area contributed by atoms with Gasteiger partial charge in [-0.05, 0) is 54.7 Å². The Balaban J connectivity index is 1.51. The zero-order valence-electron chi connectivity index (χ0n) is 17.0. The summed E-state index contributed by atoms with van der Waals surface area (Å²) in [5.41, 5.74) is 0.562. The predicted molar refractivity (Wildman–Crippen MR) is 110 cm³/mol. The van der Waals surface area contributed by atoms with E-state index in [-0.39, 0.29) is 24.5 Å². The number of halogens is 3. The smallest absolute Gasteiger partial charge is 0.417 e. The van der Waals surface area contributed by atoms with Crippen LogP contribution in [-0.4, -0.2) is 55.0 Å². The van der Waals surface area contributed by atoms with Crippen molar-refractivity contribution in [3.8, 4) is 0 Å². The third-order valence-electron chi connectivity index (χ3n) is 5.99. The Morgan fingerprint density at radius 2 is 1.88 bits per heavy atom. The minimum Gasteiger partial charge on any atom is -0.481 e. The molecule has 1 unspecified atom stereocenters. The number of carboxylic acids is 1. The number of hydrogen-bond donors (Lipinski definition) is 1. The first-order valence-corrected chi connectivity index (χ1v) is 11.7. The van der Waals surface area contributed by atoms with Crippen LogP contribution in [0, 0.1) is 0 Å². The molecule has 1 atom stereocenters. The van der Waals surface area contributed by atoms with Crippen LogP contribution >= 0.6 is 0 Å². The van der Waals surface area contributed by atoms with Crippen LogP contribution in [0.2, 0.25) is 0 Å². The van der Waals surface area contributed by atoms with Crippen LogP contribution < -0.4 is 4.90 Å². The lowest BCUT2D eigenvalue weighted by Crippen LogP contribution is -2.35. The van der Waals surface area contributed by atoms with Crippen LogP contribution in [0.15, 0.2) is 41.4 Å². The van der Waals surface area contributed by atoms with Gasteiger partial charge < -0.3 is 10.0 Å². The fraction of sp³-hybridized carbons (Fsp3) is 0.429. The Hall–Kier alpha value is -2.66. The Labute approximate surface area is 183 Å². The van der Waals surface area contributed by atoms with Crippen molar-refractivity contribution in [3.05, 3.63) is 53.2 Å². The van der Waals surface area contributed by atoms with Gasteiger partial charge in [0.25, 0.3) is 0 Å². The molecule has 1 fully saturated rings. The van der Waals surface area contributed by atoms with Crippen LogP contribution in [0.5, 0.6) is 0 Å². The van der Waals surface area contributed by atoms with Crippen molar-refractivity contribution in [1.82, 2.24) is 9.29 Å². The number of rotatable bonds is 4. The Morgan fingerprint density at radius 3 is 2.53 bits per heavy atom. The molecule has 1 aliphatic heterocycles. The fourth-order valence-corrected chi connectivity index (χ4v) is 5.76. The van der Waals surface area contributed by atoms with Crippen LogP contribution in [0.3, 0.4) is 0 Å². The summed E-state index contributed by atoms with van der Waals surface area (Å²) in [4.78, 5) is 17.2. The molecule has 0 spiro atoms. The summed E-state index contributed by atoms with van der Waals surface area (Å²) in [5, 5.41) is 9.41. The number of carboxylic acid groups (broad SMARTS) is 1. The van der Waals surface area contributed by atoms with Crippen molar-refractivity contribution < 1.29 is 31.5 Å². The van der Waals surface area contributed by atoms with Crippen molar-refractivity contribution in [3.63, 3.8) is 0 Å². The number of carbonyl (C=O) groups is 1. The summed E-state index contributed by atoms with van der Waals surface area (Å²) in [5.74, 6) is -1.31. The number of aliphatic carboxylic acids is 1. The van der Waals surface area contributed by atoms with E-state index in [1.54, 1.807) is 11.0 Å². The van der Waals surface area contributed by atoms with E-state index in [1.165, 1.54) is 22.5 Å². The maximum Gasteiger partial charge on any atom is 0.417 e. The molecule has 2 heterocycles. The van der Waals surface area contributed by atoms with Gasteiger partial charge in [0.05, 0.1) is 16.4 Å². The molecule has 1 aliphatic carbocycles. The van der Waals surface area contributed by atoms with Gasteiger partial charge in [-0.3, -0.25) is 4.79 Å². The molecule has 32 heavy (non-hydrogen) atoms. The van der Waals surface area contributed by atoms with Gasteiger partial charge in [0.1, 0.15) is 5.82 Å². The Bertz CT molecular complexity index is 1120. The zero-order valence-corrected chi connectivity index (χ0v) is 17.9. The molecule has 2 aliphatic rings. The van der Waals surface area contributed by atoms with Crippen molar-refractivity contribution >= 4 is 21.8 Å². The second-order valence-electron chi connectivity index (χ2n) is 7.94. The lowest BCUT2D eigenvalue weighted by molar-refractivity contribution is -0.139. The van der Waals surface area contributed by atoms with E-state index < -0.39 is 33.7 Å². The first-order valence-electron chi connectivity index (χ1n) is 10.2. The lowest BCUT2D eigenvalue weighted by Gasteiger charge is -2.23. The van der Waals surface area contributed by atoms with E-state index in [0.29, 0.717) is 37.2 Å². The number of anilines is 1. The van der Waals surface area contributed by atoms with E-state index in [0.717, 1.165) is 17.8 Å². The third kappa shape index (κ3) is 4.31. The van der Waals surface area contributed by atoms with Crippen molar-refractivity contribution in [2.75, 3.05) is 31.1 Å². The molecule has 1 aromatic carbocycles. The monoisotopic (exact) mass is 469 g/mol. The number of pyridine rings is 1. The molecule has 11 heteroatoms. The summed E-state index contributed by atoms with van der Waals surface area (Å²) in [6.45, 7) is 1.12. The van der Waals surface area contributed by atoms with Crippen molar-refractivity contribution in [2.45, 2.75) is 36.3 Å². The SMILES string of the molecule is O=C(O)C1CCc2ccc(S(=O)(=O)N3CCCN(c4ccc(C(F)(F)F)cn4)CC3)cc21. The van der Waals surface area contributed by atoms with Gasteiger partial charge in [-0.2, -0.15) is 17.5 Å². The topological polar surface area (TPSA) is 90.8 Å². The summed E-state index contributed by atoms with van der Waals surface area (Å²) < 4.78 is 66.1. The molecule has 172 valence electrons. The van der Waals surface area contributed by atoms with Crippen LogP contribution in [-0.2, 0) is 27.4 Å². The Kier molecular flexibility index (Phi) is 5.89. The molecule has 1 aromatic heterocycles. The molecular weight excluding hydrogens is 447 g/mol. The largest absolute Gasteiger partial charge is 0.481 e. The molecule has 0 saturated carbocycles. The first kappa shape index (κ1) is 22.5. The van der Waals surface area contributed by atoms with Crippen molar-refractivity contribution in [2.24, 2.45) is 0 Å². The highest BCUT2D eigenvalue weighted by atomic mass is 32.2. The zero-order chi connectivity index (χ0) is 23.1. The number of hydrogen-bond acceptors (Lipinski definition) is 5. The molecule has 1 N–H and O–H groups in total. The fourth-order valence-electron chi connectivity index (χ4n) is 4.25. The average Bonchev–Trinajstić information content (AvgIpc) is 3.01. The summed E-state index contributed by atoms with van der Waals surface area (Å²) >= 11 is 0. The number of benzene rings is 1. The van der Waals surface area contributed by atoms with E-state index in [1.807, 2.05) is 0 Å². The summed E-state index contributed by atoms with van der Waals surface area (Å²) in [6.07, 6.45) is -2.16. The highest BCUT2D eigenvalue weighted by Gasteiger charge is 2.33.